The van der Waals surface area contributed by atoms with Gasteiger partial charge >= 0.3 is 0 Å². The Balaban J connectivity index is 1.50. The van der Waals surface area contributed by atoms with Crippen LogP contribution in [0.1, 0.15) is 56.6 Å². The smallest absolute Gasteiger partial charge is 0.115 e. The lowest BCUT2D eigenvalue weighted by Gasteiger charge is -2.52. The summed E-state index contributed by atoms with van der Waals surface area (Å²) in [5.41, 5.74) is 4.92. The monoisotopic (exact) mass is 383 g/mol. The SMILES string of the molecule is C[C@@H]1Cc2cc(O)ccc2C2CC[C@]3(C)C(=CCOCCN(C)C)CCC3C21. The first-order chi connectivity index (χ1) is 13.4. The number of ether oxygens (including phenoxy) is 1. The van der Waals surface area contributed by atoms with Crippen molar-refractivity contribution in [3.63, 3.8) is 0 Å². The molecule has 3 unspecified atom stereocenters. The van der Waals surface area contributed by atoms with Crippen molar-refractivity contribution in [3.05, 3.63) is 41.0 Å². The number of phenolic OH excluding ortho intramolecular Hbond substituents is 1. The fourth-order valence-electron chi connectivity index (χ4n) is 6.64. The van der Waals surface area contributed by atoms with Crippen LogP contribution >= 0.6 is 0 Å². The predicted octanol–water partition coefficient (Wildman–Crippen LogP) is 5.00. The molecule has 0 spiro atoms. The molecule has 28 heavy (non-hydrogen) atoms. The number of phenols is 1. The van der Waals surface area contributed by atoms with E-state index in [1.807, 2.05) is 12.1 Å². The molecular formula is C25H37NO2. The summed E-state index contributed by atoms with van der Waals surface area (Å²) < 4.78 is 5.87. The lowest BCUT2D eigenvalue weighted by molar-refractivity contribution is 0.0484. The number of fused-ring (bicyclic) bond motifs is 5. The third-order valence-corrected chi connectivity index (χ3v) is 8.04. The molecule has 3 aliphatic carbocycles. The second-order valence-corrected chi connectivity index (χ2v) is 9.96. The van der Waals surface area contributed by atoms with Crippen LogP contribution in [0.3, 0.4) is 0 Å². The van der Waals surface area contributed by atoms with Gasteiger partial charge in [0.05, 0.1) is 13.2 Å². The molecule has 3 nitrogen and oxygen atoms in total. The van der Waals surface area contributed by atoms with Gasteiger partial charge in [-0.1, -0.05) is 31.6 Å². The summed E-state index contributed by atoms with van der Waals surface area (Å²) >= 11 is 0. The summed E-state index contributed by atoms with van der Waals surface area (Å²) in [5, 5.41) is 9.93. The fourth-order valence-corrected chi connectivity index (χ4v) is 6.64. The lowest BCUT2D eigenvalue weighted by Crippen LogP contribution is -2.43. The first-order valence-corrected chi connectivity index (χ1v) is 11.1. The predicted molar refractivity (Wildman–Crippen MR) is 115 cm³/mol. The van der Waals surface area contributed by atoms with Gasteiger partial charge in [0, 0.05) is 6.54 Å². The maximum atomic E-state index is 9.93. The largest absolute Gasteiger partial charge is 0.508 e. The fraction of sp³-hybridized carbons (Fsp3) is 0.680. The molecule has 2 saturated carbocycles. The Morgan fingerprint density at radius 1 is 1.29 bits per heavy atom. The zero-order chi connectivity index (χ0) is 19.9. The van der Waals surface area contributed by atoms with Crippen molar-refractivity contribution >= 4 is 0 Å². The van der Waals surface area contributed by atoms with E-state index in [1.165, 1.54) is 36.8 Å². The molecule has 0 saturated heterocycles. The van der Waals surface area contributed by atoms with Crippen LogP contribution in [0.5, 0.6) is 5.75 Å². The summed E-state index contributed by atoms with van der Waals surface area (Å²) in [7, 11) is 4.18. The molecule has 2 fully saturated rings. The van der Waals surface area contributed by atoms with Crippen molar-refractivity contribution in [3.8, 4) is 5.75 Å². The number of nitrogens with zero attached hydrogens (tertiary/aromatic N) is 1. The Labute approximate surface area is 170 Å². The molecule has 154 valence electrons. The van der Waals surface area contributed by atoms with Gasteiger partial charge < -0.3 is 14.7 Å². The molecule has 0 aromatic heterocycles. The number of hydrogen-bond donors (Lipinski definition) is 1. The average Bonchev–Trinajstić information content (AvgIpc) is 2.97. The van der Waals surface area contributed by atoms with Gasteiger partial charge in [0.1, 0.15) is 5.75 Å². The van der Waals surface area contributed by atoms with Crippen molar-refractivity contribution < 1.29 is 9.84 Å². The highest BCUT2D eigenvalue weighted by Crippen LogP contribution is 2.63. The number of allylic oxidation sites excluding steroid dienone is 1. The molecule has 0 radical (unpaired) electrons. The van der Waals surface area contributed by atoms with Gasteiger partial charge in [-0.2, -0.15) is 0 Å². The summed E-state index contributed by atoms with van der Waals surface area (Å²) in [4.78, 5) is 2.17. The van der Waals surface area contributed by atoms with Crippen molar-refractivity contribution in [1.82, 2.24) is 4.90 Å². The summed E-state index contributed by atoms with van der Waals surface area (Å²) in [5.74, 6) is 3.35. The minimum absolute atomic E-state index is 0.356. The van der Waals surface area contributed by atoms with E-state index in [-0.39, 0.29) is 0 Å². The van der Waals surface area contributed by atoms with Gasteiger partial charge in [-0.25, -0.2) is 0 Å². The second-order valence-electron chi connectivity index (χ2n) is 9.96. The van der Waals surface area contributed by atoms with E-state index in [0.717, 1.165) is 38.0 Å². The van der Waals surface area contributed by atoms with Crippen LogP contribution in [0.15, 0.2) is 29.8 Å². The molecule has 0 bridgehead atoms. The molecule has 0 amide bonds. The third-order valence-electron chi connectivity index (χ3n) is 8.04. The minimum atomic E-state index is 0.356. The Morgan fingerprint density at radius 3 is 2.89 bits per heavy atom. The van der Waals surface area contributed by atoms with Crippen LogP contribution in [0.25, 0.3) is 0 Å². The first kappa shape index (κ1) is 20.0. The van der Waals surface area contributed by atoms with Gasteiger partial charge in [0.2, 0.25) is 0 Å². The maximum Gasteiger partial charge on any atom is 0.115 e. The van der Waals surface area contributed by atoms with E-state index < -0.39 is 0 Å². The van der Waals surface area contributed by atoms with Crippen molar-refractivity contribution in [2.45, 2.75) is 51.9 Å². The van der Waals surface area contributed by atoms with Gasteiger partial charge in [-0.3, -0.25) is 0 Å². The first-order valence-electron chi connectivity index (χ1n) is 11.1. The molecule has 0 aliphatic heterocycles. The van der Waals surface area contributed by atoms with Crippen molar-refractivity contribution in [2.24, 2.45) is 23.2 Å². The summed E-state index contributed by atoms with van der Waals surface area (Å²) in [6.45, 7) is 7.53. The number of aromatic hydroxyl groups is 1. The van der Waals surface area contributed by atoms with Gasteiger partial charge in [0.25, 0.3) is 0 Å². The van der Waals surface area contributed by atoms with Gasteiger partial charge in [-0.05, 0) is 98.5 Å². The summed E-state index contributed by atoms with van der Waals surface area (Å²) in [6.07, 6.45) is 8.67. The van der Waals surface area contributed by atoms with E-state index in [0.29, 0.717) is 23.0 Å². The van der Waals surface area contributed by atoms with E-state index in [1.54, 1.807) is 5.57 Å². The number of benzene rings is 1. The summed E-state index contributed by atoms with van der Waals surface area (Å²) in [6, 6.07) is 6.12. The Hall–Kier alpha value is -1.32. The quantitative estimate of drug-likeness (QED) is 0.574. The molecule has 3 heteroatoms. The topological polar surface area (TPSA) is 32.7 Å². The number of hydrogen-bond acceptors (Lipinski definition) is 3. The molecule has 0 heterocycles. The van der Waals surface area contributed by atoms with Gasteiger partial charge in [0.15, 0.2) is 0 Å². The highest BCUT2D eigenvalue weighted by molar-refractivity contribution is 5.41. The van der Waals surface area contributed by atoms with Crippen molar-refractivity contribution in [2.75, 3.05) is 33.9 Å². The van der Waals surface area contributed by atoms with E-state index in [4.69, 9.17) is 4.74 Å². The normalized spacial score (nSPS) is 35.7. The molecule has 1 aromatic rings. The average molecular weight is 384 g/mol. The Kier molecular flexibility index (Phi) is 5.59. The van der Waals surface area contributed by atoms with Crippen LogP contribution in [0, 0.1) is 23.2 Å². The number of rotatable bonds is 5. The van der Waals surface area contributed by atoms with Crippen LogP contribution in [-0.2, 0) is 11.2 Å². The lowest BCUT2D eigenvalue weighted by atomic mass is 9.52. The molecule has 1 aromatic carbocycles. The molecule has 5 atom stereocenters. The highest BCUT2D eigenvalue weighted by atomic mass is 16.5. The zero-order valence-electron chi connectivity index (χ0n) is 18.1. The van der Waals surface area contributed by atoms with Crippen LogP contribution in [0.4, 0.5) is 0 Å². The Morgan fingerprint density at radius 2 is 2.11 bits per heavy atom. The Bertz CT molecular complexity index is 740. The standard InChI is InChI=1S/C25H37NO2/c1-17-15-18-16-20(27)6-7-21(18)22-9-11-25(2)19(5-8-23(25)24(17)22)10-13-28-14-12-26(3)4/h6-7,10,16-17,22-24,27H,5,8-9,11-15H2,1-4H3/t17-,22?,23?,24?,25-/m1/s1. The second kappa shape index (κ2) is 7.84. The third kappa shape index (κ3) is 3.52. The minimum Gasteiger partial charge on any atom is -0.508 e. The van der Waals surface area contributed by atoms with Crippen molar-refractivity contribution in [1.29, 1.82) is 0 Å². The van der Waals surface area contributed by atoms with Crippen LogP contribution in [0.2, 0.25) is 0 Å². The van der Waals surface area contributed by atoms with E-state index in [9.17, 15) is 5.11 Å². The van der Waals surface area contributed by atoms with Crippen LogP contribution < -0.4 is 0 Å². The molecular weight excluding hydrogens is 346 g/mol. The number of likely N-dealkylation sites (N-methyl/N-ethyl adjacent to an activating group) is 1. The van der Waals surface area contributed by atoms with Gasteiger partial charge in [-0.15, -0.1) is 0 Å². The zero-order valence-corrected chi connectivity index (χ0v) is 18.1. The van der Waals surface area contributed by atoms with Crippen LogP contribution in [-0.4, -0.2) is 43.9 Å². The molecule has 4 rings (SSSR count). The highest BCUT2D eigenvalue weighted by Gasteiger charge is 2.54. The van der Waals surface area contributed by atoms with E-state index in [2.05, 4.69) is 45.0 Å². The molecule has 1 N–H and O–H groups in total. The van der Waals surface area contributed by atoms with E-state index >= 15 is 0 Å². The molecule has 3 aliphatic rings. The maximum absolute atomic E-state index is 9.93.